The predicted molar refractivity (Wildman–Crippen MR) is 85.9 cm³/mol. The molecule has 2 N–H and O–H groups in total. The lowest BCUT2D eigenvalue weighted by Gasteiger charge is -2.22. The van der Waals surface area contributed by atoms with Gasteiger partial charge in [-0.15, -0.1) is 0 Å². The van der Waals surface area contributed by atoms with E-state index in [0.29, 0.717) is 11.5 Å². The first-order valence-corrected chi connectivity index (χ1v) is 6.78. The minimum Gasteiger partial charge on any atom is -0.389 e. The van der Waals surface area contributed by atoms with Crippen LogP contribution in [0.3, 0.4) is 0 Å². The summed E-state index contributed by atoms with van der Waals surface area (Å²) in [5.74, 6) is 0.818. The number of aryl methyl sites for hydroxylation is 2. The highest BCUT2D eigenvalue weighted by Crippen LogP contribution is 2.23. The molecule has 20 heavy (non-hydrogen) atoms. The largest absolute Gasteiger partial charge is 0.389 e. The quantitative estimate of drug-likeness (QED) is 0.875. The van der Waals surface area contributed by atoms with Crippen LogP contribution in [0.5, 0.6) is 0 Å². The van der Waals surface area contributed by atoms with Crippen molar-refractivity contribution in [2.24, 2.45) is 5.73 Å². The fourth-order valence-electron chi connectivity index (χ4n) is 2.24. The summed E-state index contributed by atoms with van der Waals surface area (Å²) < 4.78 is 0. The average Bonchev–Trinajstić information content (AvgIpc) is 2.38. The van der Waals surface area contributed by atoms with Crippen molar-refractivity contribution in [2.75, 3.05) is 11.9 Å². The van der Waals surface area contributed by atoms with Crippen molar-refractivity contribution >= 4 is 23.0 Å². The highest BCUT2D eigenvalue weighted by Gasteiger charge is 2.15. The number of aromatic nitrogens is 2. The van der Waals surface area contributed by atoms with Gasteiger partial charge in [0.25, 0.3) is 0 Å². The molecule has 0 unspecified atom stereocenters. The van der Waals surface area contributed by atoms with Gasteiger partial charge in [-0.3, -0.25) is 4.98 Å². The molecule has 0 spiro atoms. The molecule has 2 aromatic heterocycles. The molecule has 0 fully saturated rings. The minimum atomic E-state index is 0.378. The number of hydrogen-bond acceptors (Lipinski definition) is 4. The molecule has 0 saturated carbocycles. The van der Waals surface area contributed by atoms with Crippen molar-refractivity contribution in [1.29, 1.82) is 0 Å². The van der Waals surface area contributed by atoms with E-state index in [9.17, 15) is 0 Å². The second-order valence-electron chi connectivity index (χ2n) is 4.86. The van der Waals surface area contributed by atoms with Crippen molar-refractivity contribution < 1.29 is 0 Å². The Balaban J connectivity index is 2.38. The molecule has 0 aliphatic carbocycles. The van der Waals surface area contributed by atoms with E-state index < -0.39 is 0 Å². The summed E-state index contributed by atoms with van der Waals surface area (Å²) >= 11 is 5.16. The molecular weight excluding hydrogens is 268 g/mol. The molecule has 0 radical (unpaired) electrons. The molecule has 5 heteroatoms. The predicted octanol–water partition coefficient (Wildman–Crippen LogP) is 2.36. The van der Waals surface area contributed by atoms with E-state index in [1.807, 2.05) is 50.2 Å². The fourth-order valence-corrected chi connectivity index (χ4v) is 2.49. The van der Waals surface area contributed by atoms with E-state index in [4.69, 9.17) is 18.0 Å². The lowest BCUT2D eigenvalue weighted by Crippen LogP contribution is -2.24. The van der Waals surface area contributed by atoms with Crippen LogP contribution in [0.4, 0.5) is 5.82 Å². The van der Waals surface area contributed by atoms with Gasteiger partial charge >= 0.3 is 0 Å². The van der Waals surface area contributed by atoms with Crippen LogP contribution >= 0.6 is 12.2 Å². The van der Waals surface area contributed by atoms with Crippen LogP contribution in [-0.2, 0) is 6.54 Å². The number of hydrogen-bond donors (Lipinski definition) is 1. The first kappa shape index (κ1) is 14.4. The summed E-state index contributed by atoms with van der Waals surface area (Å²) in [4.78, 5) is 11.1. The van der Waals surface area contributed by atoms with Gasteiger partial charge in [0.2, 0.25) is 0 Å². The molecule has 0 saturated heterocycles. The molecule has 2 rings (SSSR count). The van der Waals surface area contributed by atoms with Gasteiger partial charge < -0.3 is 10.6 Å². The van der Waals surface area contributed by atoms with Crippen LogP contribution in [0.25, 0.3) is 0 Å². The van der Waals surface area contributed by atoms with Gasteiger partial charge in [0.05, 0.1) is 5.56 Å². The molecule has 104 valence electrons. The summed E-state index contributed by atoms with van der Waals surface area (Å²) in [7, 11) is 1.98. The first-order valence-electron chi connectivity index (χ1n) is 6.37. The summed E-state index contributed by atoms with van der Waals surface area (Å²) in [5, 5.41) is 0. The molecule has 2 aromatic rings. The third kappa shape index (κ3) is 3.11. The lowest BCUT2D eigenvalue weighted by molar-refractivity contribution is 0.882. The lowest BCUT2D eigenvalue weighted by atomic mass is 10.1. The number of thiocarbonyl (C=S) groups is 1. The second kappa shape index (κ2) is 5.96. The molecule has 0 amide bonds. The van der Waals surface area contributed by atoms with Crippen LogP contribution in [0.1, 0.15) is 22.4 Å². The van der Waals surface area contributed by atoms with Crippen LogP contribution in [0, 0.1) is 13.8 Å². The summed E-state index contributed by atoms with van der Waals surface area (Å²) in [6, 6.07) is 5.95. The van der Waals surface area contributed by atoms with Crippen LogP contribution in [-0.4, -0.2) is 22.0 Å². The van der Waals surface area contributed by atoms with Gasteiger partial charge in [-0.25, -0.2) is 4.98 Å². The number of nitrogens with zero attached hydrogens (tertiary/aromatic N) is 3. The zero-order valence-electron chi connectivity index (χ0n) is 11.9. The Morgan fingerprint density at radius 3 is 2.75 bits per heavy atom. The monoisotopic (exact) mass is 286 g/mol. The number of pyridine rings is 2. The van der Waals surface area contributed by atoms with Crippen molar-refractivity contribution in [2.45, 2.75) is 20.4 Å². The van der Waals surface area contributed by atoms with E-state index in [1.165, 1.54) is 0 Å². The van der Waals surface area contributed by atoms with Gasteiger partial charge in [0, 0.05) is 31.7 Å². The third-order valence-electron chi connectivity index (χ3n) is 3.08. The molecule has 4 nitrogen and oxygen atoms in total. The molecule has 0 aliphatic rings. The zero-order valence-corrected chi connectivity index (χ0v) is 12.7. The standard InChI is InChI=1S/C15H18N4S/c1-10-7-11(2)18-15(13(10)14(16)20)19(3)9-12-5-4-6-17-8-12/h4-8H,9H2,1-3H3,(H2,16,20). The van der Waals surface area contributed by atoms with E-state index in [1.54, 1.807) is 6.20 Å². The summed E-state index contributed by atoms with van der Waals surface area (Å²) in [5.41, 5.74) is 9.82. The SMILES string of the molecule is Cc1cc(C)c(C(N)=S)c(N(C)Cc2cccnc2)n1. The van der Waals surface area contributed by atoms with Gasteiger partial charge in [0.1, 0.15) is 10.8 Å². The van der Waals surface area contributed by atoms with Crippen LogP contribution < -0.4 is 10.6 Å². The maximum atomic E-state index is 5.85. The van der Waals surface area contributed by atoms with Gasteiger partial charge in [0.15, 0.2) is 0 Å². The Hall–Kier alpha value is -2.01. The molecule has 2 heterocycles. The smallest absolute Gasteiger partial charge is 0.139 e. The molecule has 0 aromatic carbocycles. The highest BCUT2D eigenvalue weighted by atomic mass is 32.1. The van der Waals surface area contributed by atoms with E-state index in [-0.39, 0.29) is 0 Å². The van der Waals surface area contributed by atoms with Crippen molar-refractivity contribution in [3.63, 3.8) is 0 Å². The number of anilines is 1. The average molecular weight is 286 g/mol. The maximum absolute atomic E-state index is 5.85. The topological polar surface area (TPSA) is 55.0 Å². The van der Waals surface area contributed by atoms with Crippen molar-refractivity contribution in [3.8, 4) is 0 Å². The Bertz CT molecular complexity index is 625. The normalized spacial score (nSPS) is 10.3. The van der Waals surface area contributed by atoms with E-state index in [2.05, 4.69) is 9.97 Å². The Morgan fingerprint density at radius 2 is 2.15 bits per heavy atom. The summed E-state index contributed by atoms with van der Waals surface area (Å²) in [6.45, 7) is 4.68. The van der Waals surface area contributed by atoms with Crippen LogP contribution in [0.15, 0.2) is 30.6 Å². The van der Waals surface area contributed by atoms with Gasteiger partial charge in [-0.2, -0.15) is 0 Å². The second-order valence-corrected chi connectivity index (χ2v) is 5.30. The Morgan fingerprint density at radius 1 is 1.40 bits per heavy atom. The Kier molecular flexibility index (Phi) is 4.29. The molecule has 0 atom stereocenters. The molecular formula is C15H18N4S. The first-order chi connectivity index (χ1) is 9.49. The van der Waals surface area contributed by atoms with Crippen molar-refractivity contribution in [3.05, 3.63) is 53.0 Å². The molecule has 0 bridgehead atoms. The number of nitrogens with two attached hydrogens (primary N) is 1. The number of rotatable bonds is 4. The fraction of sp³-hybridized carbons (Fsp3) is 0.267. The Labute approximate surface area is 124 Å². The van der Waals surface area contributed by atoms with Gasteiger partial charge in [-0.05, 0) is 37.1 Å². The van der Waals surface area contributed by atoms with Crippen LogP contribution in [0.2, 0.25) is 0 Å². The van der Waals surface area contributed by atoms with E-state index in [0.717, 1.165) is 28.2 Å². The zero-order chi connectivity index (χ0) is 14.7. The van der Waals surface area contributed by atoms with Crippen molar-refractivity contribution in [1.82, 2.24) is 9.97 Å². The van der Waals surface area contributed by atoms with Gasteiger partial charge in [-0.1, -0.05) is 18.3 Å². The minimum absolute atomic E-state index is 0.378. The molecule has 0 aliphatic heterocycles. The van der Waals surface area contributed by atoms with E-state index >= 15 is 0 Å². The summed E-state index contributed by atoms with van der Waals surface area (Å²) in [6.07, 6.45) is 3.61. The highest BCUT2D eigenvalue weighted by molar-refractivity contribution is 7.80. The third-order valence-corrected chi connectivity index (χ3v) is 3.28. The maximum Gasteiger partial charge on any atom is 0.139 e.